The molecule has 4 heteroatoms. The summed E-state index contributed by atoms with van der Waals surface area (Å²) in [4.78, 5) is 10.3. The van der Waals surface area contributed by atoms with Gasteiger partial charge in [-0.15, -0.1) is 0 Å². The minimum absolute atomic E-state index is 0.334. The number of carbonyl (C=O) groups is 1. The SMILES string of the molecule is O=C(O)COc1cccc2c1OCC2. The summed E-state index contributed by atoms with van der Waals surface area (Å²) in [5.74, 6) is 0.219. The highest BCUT2D eigenvalue weighted by Gasteiger charge is 2.17. The summed E-state index contributed by atoms with van der Waals surface area (Å²) in [5.41, 5.74) is 1.08. The molecule has 0 unspecified atom stereocenters. The van der Waals surface area contributed by atoms with Crippen LogP contribution in [0.25, 0.3) is 0 Å². The summed E-state index contributed by atoms with van der Waals surface area (Å²) in [7, 11) is 0. The van der Waals surface area contributed by atoms with Gasteiger partial charge < -0.3 is 14.6 Å². The van der Waals surface area contributed by atoms with Crippen LogP contribution in [0.1, 0.15) is 5.56 Å². The molecular formula is C10H10O4. The van der Waals surface area contributed by atoms with E-state index in [1.807, 2.05) is 12.1 Å². The maximum Gasteiger partial charge on any atom is 0.341 e. The first-order valence-corrected chi connectivity index (χ1v) is 4.36. The lowest BCUT2D eigenvalue weighted by Crippen LogP contribution is -2.09. The third kappa shape index (κ3) is 1.64. The lowest BCUT2D eigenvalue weighted by Gasteiger charge is -2.07. The van der Waals surface area contributed by atoms with Gasteiger partial charge in [0, 0.05) is 12.0 Å². The van der Waals surface area contributed by atoms with Gasteiger partial charge in [-0.1, -0.05) is 12.1 Å². The minimum Gasteiger partial charge on any atom is -0.489 e. The first kappa shape index (κ1) is 8.87. The molecule has 0 fully saturated rings. The lowest BCUT2D eigenvalue weighted by molar-refractivity contribution is -0.139. The summed E-state index contributed by atoms with van der Waals surface area (Å²) in [6.07, 6.45) is 0.861. The van der Waals surface area contributed by atoms with E-state index in [0.717, 1.165) is 12.0 Å². The van der Waals surface area contributed by atoms with Crippen LogP contribution in [0.4, 0.5) is 0 Å². The largest absolute Gasteiger partial charge is 0.489 e. The molecule has 0 spiro atoms. The van der Waals surface area contributed by atoms with Gasteiger partial charge >= 0.3 is 5.97 Å². The Morgan fingerprint density at radius 2 is 2.43 bits per heavy atom. The standard InChI is InChI=1S/C10H10O4/c11-9(12)6-14-8-3-1-2-7-4-5-13-10(7)8/h1-3H,4-6H2,(H,11,12). The van der Waals surface area contributed by atoms with Crippen LogP contribution in [-0.4, -0.2) is 24.3 Å². The van der Waals surface area contributed by atoms with E-state index in [1.165, 1.54) is 0 Å². The minimum atomic E-state index is -0.986. The second kappa shape index (κ2) is 3.57. The van der Waals surface area contributed by atoms with E-state index >= 15 is 0 Å². The second-order valence-corrected chi connectivity index (χ2v) is 3.03. The van der Waals surface area contributed by atoms with Crippen molar-refractivity contribution in [3.63, 3.8) is 0 Å². The molecule has 0 saturated heterocycles. The highest BCUT2D eigenvalue weighted by atomic mass is 16.5. The Hall–Kier alpha value is -1.71. The van der Waals surface area contributed by atoms with Crippen molar-refractivity contribution in [2.45, 2.75) is 6.42 Å². The van der Waals surface area contributed by atoms with Crippen molar-refractivity contribution in [2.24, 2.45) is 0 Å². The number of aliphatic carboxylic acids is 1. The summed E-state index contributed by atoms with van der Waals surface area (Å²) >= 11 is 0. The Kier molecular flexibility index (Phi) is 2.26. The zero-order chi connectivity index (χ0) is 9.97. The van der Waals surface area contributed by atoms with Gasteiger partial charge in [-0.05, 0) is 6.07 Å². The van der Waals surface area contributed by atoms with Crippen molar-refractivity contribution in [2.75, 3.05) is 13.2 Å². The Bertz CT molecular complexity index is 359. The molecule has 2 rings (SSSR count). The number of rotatable bonds is 3. The van der Waals surface area contributed by atoms with E-state index in [1.54, 1.807) is 6.07 Å². The average molecular weight is 194 g/mol. The molecule has 1 heterocycles. The predicted molar refractivity (Wildman–Crippen MR) is 48.8 cm³/mol. The molecule has 0 amide bonds. The zero-order valence-corrected chi connectivity index (χ0v) is 7.53. The molecule has 0 aliphatic carbocycles. The molecule has 1 N–H and O–H groups in total. The summed E-state index contributed by atoms with van der Waals surface area (Å²) in [6, 6.07) is 5.51. The Morgan fingerprint density at radius 1 is 1.57 bits per heavy atom. The van der Waals surface area contributed by atoms with Gasteiger partial charge in [0.1, 0.15) is 0 Å². The monoisotopic (exact) mass is 194 g/mol. The lowest BCUT2D eigenvalue weighted by atomic mass is 10.1. The van der Waals surface area contributed by atoms with Crippen LogP contribution in [0.2, 0.25) is 0 Å². The van der Waals surface area contributed by atoms with Crippen molar-refractivity contribution < 1.29 is 19.4 Å². The summed E-state index contributed by atoms with van der Waals surface area (Å²) in [5, 5.41) is 8.46. The first-order chi connectivity index (χ1) is 6.77. The van der Waals surface area contributed by atoms with Crippen molar-refractivity contribution in [3.05, 3.63) is 23.8 Å². The van der Waals surface area contributed by atoms with Crippen LogP contribution in [0.3, 0.4) is 0 Å². The van der Waals surface area contributed by atoms with Crippen LogP contribution in [-0.2, 0) is 11.2 Å². The topological polar surface area (TPSA) is 55.8 Å². The Morgan fingerprint density at radius 3 is 3.21 bits per heavy atom. The number of carboxylic acid groups (broad SMARTS) is 1. The van der Waals surface area contributed by atoms with Gasteiger partial charge in [0.05, 0.1) is 6.61 Å². The van der Waals surface area contributed by atoms with E-state index in [2.05, 4.69) is 0 Å². The fourth-order valence-corrected chi connectivity index (χ4v) is 1.44. The van der Waals surface area contributed by atoms with E-state index in [0.29, 0.717) is 18.1 Å². The normalized spacial score (nSPS) is 13.1. The Labute approximate surface area is 81.1 Å². The molecule has 74 valence electrons. The molecule has 1 aromatic rings. The Balaban J connectivity index is 2.17. The van der Waals surface area contributed by atoms with Crippen molar-refractivity contribution in [3.8, 4) is 11.5 Å². The average Bonchev–Trinajstić information content (AvgIpc) is 2.62. The van der Waals surface area contributed by atoms with Crippen LogP contribution in [0, 0.1) is 0 Å². The number of benzene rings is 1. The molecule has 14 heavy (non-hydrogen) atoms. The van der Waals surface area contributed by atoms with Gasteiger partial charge in [-0.2, -0.15) is 0 Å². The smallest absolute Gasteiger partial charge is 0.341 e. The highest BCUT2D eigenvalue weighted by molar-refractivity contribution is 5.68. The second-order valence-electron chi connectivity index (χ2n) is 3.03. The fourth-order valence-electron chi connectivity index (χ4n) is 1.44. The van der Waals surface area contributed by atoms with Gasteiger partial charge in [0.25, 0.3) is 0 Å². The molecular weight excluding hydrogens is 184 g/mol. The number of carboxylic acids is 1. The number of hydrogen-bond acceptors (Lipinski definition) is 3. The summed E-state index contributed by atoms with van der Waals surface area (Å²) < 4.78 is 10.4. The molecule has 0 saturated carbocycles. The molecule has 4 nitrogen and oxygen atoms in total. The molecule has 1 aliphatic rings. The van der Waals surface area contributed by atoms with Crippen LogP contribution < -0.4 is 9.47 Å². The maximum absolute atomic E-state index is 10.3. The predicted octanol–water partition coefficient (Wildman–Crippen LogP) is 1.08. The van der Waals surface area contributed by atoms with Gasteiger partial charge in [0.15, 0.2) is 18.1 Å². The van der Waals surface area contributed by atoms with E-state index < -0.39 is 5.97 Å². The quantitative estimate of drug-likeness (QED) is 0.782. The zero-order valence-electron chi connectivity index (χ0n) is 7.53. The highest BCUT2D eigenvalue weighted by Crippen LogP contribution is 2.35. The number of hydrogen-bond donors (Lipinski definition) is 1. The number of para-hydroxylation sites is 1. The fraction of sp³-hybridized carbons (Fsp3) is 0.300. The van der Waals surface area contributed by atoms with E-state index in [4.69, 9.17) is 14.6 Å². The maximum atomic E-state index is 10.3. The van der Waals surface area contributed by atoms with Crippen molar-refractivity contribution >= 4 is 5.97 Å². The summed E-state index contributed by atoms with van der Waals surface area (Å²) in [6.45, 7) is 0.308. The van der Waals surface area contributed by atoms with Crippen molar-refractivity contribution in [1.29, 1.82) is 0 Å². The third-order valence-corrected chi connectivity index (χ3v) is 2.03. The number of fused-ring (bicyclic) bond motifs is 1. The van der Waals surface area contributed by atoms with Crippen molar-refractivity contribution in [1.82, 2.24) is 0 Å². The van der Waals surface area contributed by atoms with E-state index in [9.17, 15) is 4.79 Å². The molecule has 1 aromatic carbocycles. The molecule has 0 bridgehead atoms. The first-order valence-electron chi connectivity index (χ1n) is 4.36. The molecule has 0 atom stereocenters. The van der Waals surface area contributed by atoms with Gasteiger partial charge in [-0.25, -0.2) is 4.79 Å². The molecule has 0 radical (unpaired) electrons. The van der Waals surface area contributed by atoms with Crippen LogP contribution in [0.15, 0.2) is 18.2 Å². The van der Waals surface area contributed by atoms with Gasteiger partial charge in [-0.3, -0.25) is 0 Å². The third-order valence-electron chi connectivity index (χ3n) is 2.03. The van der Waals surface area contributed by atoms with Crippen LogP contribution >= 0.6 is 0 Å². The van der Waals surface area contributed by atoms with E-state index in [-0.39, 0.29) is 6.61 Å². The number of ether oxygens (including phenoxy) is 2. The van der Waals surface area contributed by atoms with Gasteiger partial charge in [0.2, 0.25) is 0 Å². The molecule has 0 aromatic heterocycles. The van der Waals surface area contributed by atoms with Crippen LogP contribution in [0.5, 0.6) is 11.5 Å². The molecule has 1 aliphatic heterocycles.